The zero-order chi connectivity index (χ0) is 39.8. The van der Waals surface area contributed by atoms with Crippen molar-refractivity contribution in [2.24, 2.45) is 5.73 Å². The maximum absolute atomic E-state index is 13.2. The molecule has 0 aliphatic carbocycles. The number of nitrogens with zero attached hydrogens (tertiary/aromatic N) is 1. The standard InChI is InChI=1S/C32H46N10O10S/c1-15(26(33)47)39-27(48)16(2)37-24(45)12-34-31(52)23(10-20-6-8-21(44)9-7-20)42-30(51)19(5)41-29(50)18(4)40-28(49)17(3)38-25(46)13-36-32-35-11-22(14-43)53-32/h6-9,11,15-19,23,43-44H,10,12-14H2,1-5H3,(H2,33,47)(H,34,52)(H,35,36)(H,37,45)(H,38,46)(H,39,48)(H,40,49)(H,41,50)(H,42,51)/t15-,16?,17-,18?,19-,23?/m0/s1. The average molecular weight is 763 g/mol. The minimum atomic E-state index is -1.26. The smallest absolute Gasteiger partial charge is 0.243 e. The first kappa shape index (κ1) is 43.3. The lowest BCUT2D eigenvalue weighted by molar-refractivity contribution is -0.134. The fraction of sp³-hybridized carbons (Fsp3) is 0.469. The summed E-state index contributed by atoms with van der Waals surface area (Å²) in [6.07, 6.45) is 1.38. The number of phenols is 1. The summed E-state index contributed by atoms with van der Waals surface area (Å²) in [6, 6.07) is -0.897. The van der Waals surface area contributed by atoms with Gasteiger partial charge in [0.25, 0.3) is 0 Å². The third kappa shape index (κ3) is 15.1. The number of aliphatic hydroxyl groups excluding tert-OH is 1. The lowest BCUT2D eigenvalue weighted by Crippen LogP contribution is -2.57. The number of phenolic OH excluding ortho intramolecular Hbond substituents is 1. The van der Waals surface area contributed by atoms with Crippen LogP contribution >= 0.6 is 11.3 Å². The van der Waals surface area contributed by atoms with Crippen LogP contribution in [0.4, 0.5) is 5.13 Å². The number of nitrogens with one attached hydrogen (secondary N) is 8. The van der Waals surface area contributed by atoms with Gasteiger partial charge in [-0.15, -0.1) is 0 Å². The quantitative estimate of drug-likeness (QED) is 0.0629. The van der Waals surface area contributed by atoms with Crippen LogP contribution in [0.25, 0.3) is 0 Å². The number of nitrogens with two attached hydrogens (primary N) is 1. The Hall–Kier alpha value is -5.83. The fourth-order valence-corrected chi connectivity index (χ4v) is 4.88. The van der Waals surface area contributed by atoms with Gasteiger partial charge in [-0.05, 0) is 52.3 Å². The van der Waals surface area contributed by atoms with Crippen LogP contribution in [-0.2, 0) is 51.4 Å². The highest BCUT2D eigenvalue weighted by atomic mass is 32.1. The Morgan fingerprint density at radius 1 is 0.679 bits per heavy atom. The van der Waals surface area contributed by atoms with Gasteiger partial charge in [-0.2, -0.15) is 0 Å². The molecule has 8 amide bonds. The second-order valence-corrected chi connectivity index (χ2v) is 13.1. The predicted octanol–water partition coefficient (Wildman–Crippen LogP) is -3.39. The van der Waals surface area contributed by atoms with Crippen LogP contribution in [0, 0.1) is 0 Å². The van der Waals surface area contributed by atoms with Gasteiger partial charge in [-0.3, -0.25) is 38.4 Å². The minimum Gasteiger partial charge on any atom is -0.508 e. The molecule has 0 fully saturated rings. The SMILES string of the molecule is CC(NC(=O)CNC(=O)C(Cc1ccc(O)cc1)NC(=O)[C@H](C)NC(=O)C(C)NC(=O)[C@H](C)NC(=O)CNc1ncc(CO)s1)C(=O)N[C@@H](C)C(N)=O. The molecule has 2 aromatic rings. The van der Waals surface area contributed by atoms with Crippen molar-refractivity contribution in [3.63, 3.8) is 0 Å². The van der Waals surface area contributed by atoms with Crippen LogP contribution in [0.15, 0.2) is 30.5 Å². The third-order valence-electron chi connectivity index (χ3n) is 7.37. The van der Waals surface area contributed by atoms with Gasteiger partial charge < -0.3 is 58.5 Å². The van der Waals surface area contributed by atoms with Crippen molar-refractivity contribution >= 4 is 63.7 Å². The third-order valence-corrected chi connectivity index (χ3v) is 8.31. The molecule has 1 aromatic heterocycles. The van der Waals surface area contributed by atoms with Gasteiger partial charge in [0, 0.05) is 12.6 Å². The molecule has 2 rings (SSSR count). The summed E-state index contributed by atoms with van der Waals surface area (Å²) >= 11 is 1.16. The largest absolute Gasteiger partial charge is 0.508 e. The predicted molar refractivity (Wildman–Crippen MR) is 190 cm³/mol. The number of amides is 8. The molecule has 12 N–H and O–H groups in total. The van der Waals surface area contributed by atoms with E-state index >= 15 is 0 Å². The summed E-state index contributed by atoms with van der Waals surface area (Å²) < 4.78 is 0. The Morgan fingerprint density at radius 2 is 1.15 bits per heavy atom. The molecule has 0 bridgehead atoms. The highest BCUT2D eigenvalue weighted by Crippen LogP contribution is 2.17. The number of thiazole rings is 1. The summed E-state index contributed by atoms with van der Waals surface area (Å²) in [7, 11) is 0. The van der Waals surface area contributed by atoms with Crippen LogP contribution in [0.1, 0.15) is 45.1 Å². The normalized spacial score (nSPS) is 14.1. The second kappa shape index (κ2) is 20.9. The summed E-state index contributed by atoms with van der Waals surface area (Å²) in [5.74, 6) is -5.77. The van der Waals surface area contributed by atoms with E-state index in [0.29, 0.717) is 15.6 Å². The average Bonchev–Trinajstić information content (AvgIpc) is 3.58. The second-order valence-electron chi connectivity index (χ2n) is 12.0. The van der Waals surface area contributed by atoms with Crippen molar-refractivity contribution in [3.05, 3.63) is 40.9 Å². The fourth-order valence-electron chi connectivity index (χ4n) is 4.22. The molecule has 3 unspecified atom stereocenters. The molecule has 0 aliphatic rings. The molecule has 6 atom stereocenters. The first-order valence-corrected chi connectivity index (χ1v) is 17.2. The van der Waals surface area contributed by atoms with Gasteiger partial charge >= 0.3 is 0 Å². The molecule has 0 spiro atoms. The van der Waals surface area contributed by atoms with Crippen molar-refractivity contribution in [1.29, 1.82) is 0 Å². The monoisotopic (exact) mass is 762 g/mol. The van der Waals surface area contributed by atoms with Crippen molar-refractivity contribution in [2.75, 3.05) is 18.4 Å². The van der Waals surface area contributed by atoms with Gasteiger partial charge in [0.1, 0.15) is 42.0 Å². The summed E-state index contributed by atoms with van der Waals surface area (Å²) in [5, 5.41) is 38.9. The molecule has 1 heterocycles. The summed E-state index contributed by atoms with van der Waals surface area (Å²) in [5.41, 5.74) is 5.66. The van der Waals surface area contributed by atoms with Crippen molar-refractivity contribution in [2.45, 2.75) is 83.9 Å². The molecule has 21 heteroatoms. The maximum Gasteiger partial charge on any atom is 0.243 e. The number of rotatable bonds is 20. The number of benzene rings is 1. The highest BCUT2D eigenvalue weighted by molar-refractivity contribution is 7.15. The topological polar surface area (TPSA) is 312 Å². The molecule has 0 aliphatic heterocycles. The van der Waals surface area contributed by atoms with Gasteiger partial charge in [0.05, 0.1) is 24.6 Å². The number of aromatic nitrogens is 1. The molecular formula is C32H46N10O10S. The first-order chi connectivity index (χ1) is 24.9. The Bertz CT molecular complexity index is 1640. The van der Waals surface area contributed by atoms with Gasteiger partial charge in [-0.25, -0.2) is 4.98 Å². The van der Waals surface area contributed by atoms with E-state index < -0.39 is 90.1 Å². The van der Waals surface area contributed by atoms with Gasteiger partial charge in [0.2, 0.25) is 47.3 Å². The van der Waals surface area contributed by atoms with Gasteiger partial charge in [0.15, 0.2) is 5.13 Å². The number of aromatic hydroxyl groups is 1. The molecule has 20 nitrogen and oxygen atoms in total. The van der Waals surface area contributed by atoms with Gasteiger partial charge in [-0.1, -0.05) is 23.5 Å². The Morgan fingerprint density at radius 3 is 1.64 bits per heavy atom. The van der Waals surface area contributed by atoms with Crippen molar-refractivity contribution in [1.82, 2.24) is 42.2 Å². The van der Waals surface area contributed by atoms with E-state index in [1.165, 1.54) is 65.1 Å². The number of primary amides is 1. The molecular weight excluding hydrogens is 716 g/mol. The van der Waals surface area contributed by atoms with Crippen LogP contribution in [0.5, 0.6) is 5.75 Å². The molecule has 0 saturated heterocycles. The minimum absolute atomic E-state index is 0.0326. The summed E-state index contributed by atoms with van der Waals surface area (Å²) in [6.45, 7) is 5.88. The van der Waals surface area contributed by atoms with Crippen LogP contribution < -0.4 is 48.3 Å². The molecule has 0 radical (unpaired) electrons. The number of aliphatic hydroxyl groups is 1. The van der Waals surface area contributed by atoms with E-state index in [1.54, 1.807) is 0 Å². The number of anilines is 1. The number of carbonyl (C=O) groups is 8. The zero-order valence-electron chi connectivity index (χ0n) is 29.8. The van der Waals surface area contributed by atoms with E-state index in [9.17, 15) is 43.5 Å². The van der Waals surface area contributed by atoms with E-state index in [-0.39, 0.29) is 25.3 Å². The zero-order valence-corrected chi connectivity index (χ0v) is 30.6. The number of hydrogen-bond acceptors (Lipinski definition) is 13. The van der Waals surface area contributed by atoms with Crippen LogP contribution in [0.3, 0.4) is 0 Å². The van der Waals surface area contributed by atoms with E-state index in [1.807, 2.05) is 0 Å². The van der Waals surface area contributed by atoms with E-state index in [2.05, 4.69) is 47.5 Å². The molecule has 290 valence electrons. The highest BCUT2D eigenvalue weighted by Gasteiger charge is 2.28. The Kier molecular flexibility index (Phi) is 17.1. The lowest BCUT2D eigenvalue weighted by atomic mass is 10.0. The number of carbonyl (C=O) groups excluding carboxylic acids is 8. The Labute approximate surface area is 308 Å². The Balaban J connectivity index is 1.93. The van der Waals surface area contributed by atoms with E-state index in [4.69, 9.17) is 10.8 Å². The number of hydrogen-bond donors (Lipinski definition) is 11. The molecule has 1 aromatic carbocycles. The molecule has 53 heavy (non-hydrogen) atoms. The van der Waals surface area contributed by atoms with E-state index in [0.717, 1.165) is 11.3 Å². The lowest BCUT2D eigenvalue weighted by Gasteiger charge is -2.23. The van der Waals surface area contributed by atoms with Crippen LogP contribution in [-0.4, -0.2) is 112 Å². The van der Waals surface area contributed by atoms with Crippen molar-refractivity contribution in [3.8, 4) is 5.75 Å². The first-order valence-electron chi connectivity index (χ1n) is 16.3. The summed E-state index contributed by atoms with van der Waals surface area (Å²) in [4.78, 5) is 105. The van der Waals surface area contributed by atoms with Crippen LogP contribution in [0.2, 0.25) is 0 Å². The maximum atomic E-state index is 13.2. The van der Waals surface area contributed by atoms with Crippen molar-refractivity contribution < 1.29 is 48.6 Å². The molecule has 0 saturated carbocycles.